The molecule has 0 radical (unpaired) electrons. The second-order valence-electron chi connectivity index (χ2n) is 4.48. The van der Waals surface area contributed by atoms with Crippen LogP contribution in [0.3, 0.4) is 0 Å². The molecule has 0 saturated carbocycles. The van der Waals surface area contributed by atoms with E-state index in [-0.39, 0.29) is 18.6 Å². The minimum Gasteiger partial charge on any atom is -0.396 e. The molecule has 2 aromatic rings. The zero-order chi connectivity index (χ0) is 13.1. The van der Waals surface area contributed by atoms with Crippen molar-refractivity contribution in [3.63, 3.8) is 0 Å². The Morgan fingerprint density at radius 1 is 1.44 bits per heavy atom. The third kappa shape index (κ3) is 2.38. The second-order valence-corrected chi connectivity index (χ2v) is 4.48. The maximum absolute atomic E-state index is 9.16. The maximum atomic E-state index is 9.16. The standard InChI is InChI=1S/C12H19N5O/c1-8(7-18)9(2)15-11-12-14-4-5-17(12)6-10(13-3)16-11/h4-6,8-9,13,18H,7H2,1-3H3,(H,15,16). The van der Waals surface area contributed by atoms with E-state index in [1.165, 1.54) is 0 Å². The number of aromatic nitrogens is 3. The number of anilines is 2. The molecule has 0 saturated heterocycles. The van der Waals surface area contributed by atoms with E-state index in [0.717, 1.165) is 17.3 Å². The molecule has 2 heterocycles. The van der Waals surface area contributed by atoms with Crippen molar-refractivity contribution in [3.8, 4) is 0 Å². The Morgan fingerprint density at radius 2 is 2.22 bits per heavy atom. The van der Waals surface area contributed by atoms with E-state index in [1.54, 1.807) is 6.20 Å². The Kier molecular flexibility index (Phi) is 3.66. The second kappa shape index (κ2) is 5.22. The Balaban J connectivity index is 2.33. The average molecular weight is 249 g/mol. The molecule has 0 aliphatic heterocycles. The van der Waals surface area contributed by atoms with Gasteiger partial charge in [-0.15, -0.1) is 0 Å². The SMILES string of the molecule is CNc1cn2ccnc2c(NC(C)C(C)CO)n1. The summed E-state index contributed by atoms with van der Waals surface area (Å²) in [5.74, 6) is 1.64. The first-order valence-electron chi connectivity index (χ1n) is 6.04. The largest absolute Gasteiger partial charge is 0.396 e. The summed E-state index contributed by atoms with van der Waals surface area (Å²) < 4.78 is 1.91. The lowest BCUT2D eigenvalue weighted by Crippen LogP contribution is -2.27. The molecule has 0 bridgehead atoms. The number of hydrogen-bond acceptors (Lipinski definition) is 5. The Hall–Kier alpha value is -1.82. The number of nitrogens with one attached hydrogen (secondary N) is 2. The molecule has 6 nitrogen and oxygen atoms in total. The van der Waals surface area contributed by atoms with E-state index in [1.807, 2.05) is 37.7 Å². The predicted molar refractivity (Wildman–Crippen MR) is 71.9 cm³/mol. The quantitative estimate of drug-likeness (QED) is 0.742. The van der Waals surface area contributed by atoms with Crippen molar-refractivity contribution in [3.05, 3.63) is 18.6 Å². The van der Waals surface area contributed by atoms with Gasteiger partial charge in [-0.05, 0) is 12.8 Å². The van der Waals surface area contributed by atoms with E-state index >= 15 is 0 Å². The minimum atomic E-state index is 0.120. The molecule has 18 heavy (non-hydrogen) atoms. The van der Waals surface area contributed by atoms with Crippen LogP contribution in [0.15, 0.2) is 18.6 Å². The van der Waals surface area contributed by atoms with Crippen LogP contribution in [0.1, 0.15) is 13.8 Å². The van der Waals surface area contributed by atoms with Crippen molar-refractivity contribution in [1.29, 1.82) is 0 Å². The van der Waals surface area contributed by atoms with Gasteiger partial charge in [-0.2, -0.15) is 0 Å². The first-order valence-corrected chi connectivity index (χ1v) is 6.04. The van der Waals surface area contributed by atoms with Gasteiger partial charge in [0, 0.05) is 32.1 Å². The van der Waals surface area contributed by atoms with Gasteiger partial charge in [0.05, 0.1) is 6.20 Å². The van der Waals surface area contributed by atoms with Crippen LogP contribution in [-0.2, 0) is 0 Å². The Morgan fingerprint density at radius 3 is 2.89 bits per heavy atom. The first kappa shape index (κ1) is 12.6. The lowest BCUT2D eigenvalue weighted by atomic mass is 10.1. The van der Waals surface area contributed by atoms with Crippen LogP contribution in [0, 0.1) is 5.92 Å². The van der Waals surface area contributed by atoms with Crippen LogP contribution in [-0.4, -0.2) is 39.2 Å². The lowest BCUT2D eigenvalue weighted by Gasteiger charge is -2.20. The zero-order valence-corrected chi connectivity index (χ0v) is 10.9. The number of imidazole rings is 1. The van der Waals surface area contributed by atoms with Crippen LogP contribution in [0.5, 0.6) is 0 Å². The molecular formula is C12H19N5O. The minimum absolute atomic E-state index is 0.120. The monoisotopic (exact) mass is 249 g/mol. The fraction of sp³-hybridized carbons (Fsp3) is 0.500. The molecule has 0 aromatic carbocycles. The van der Waals surface area contributed by atoms with Gasteiger partial charge in [-0.25, -0.2) is 9.97 Å². The van der Waals surface area contributed by atoms with Gasteiger partial charge < -0.3 is 20.1 Å². The molecule has 0 aliphatic carbocycles. The van der Waals surface area contributed by atoms with Gasteiger partial charge in [0.15, 0.2) is 11.5 Å². The molecule has 2 aromatic heterocycles. The van der Waals surface area contributed by atoms with Gasteiger partial charge in [-0.3, -0.25) is 0 Å². The van der Waals surface area contributed by atoms with Crippen LogP contribution in [0.25, 0.3) is 5.65 Å². The third-order valence-electron chi connectivity index (χ3n) is 3.14. The van der Waals surface area contributed by atoms with Crippen LogP contribution in [0.4, 0.5) is 11.6 Å². The summed E-state index contributed by atoms with van der Waals surface area (Å²) in [4.78, 5) is 8.74. The summed E-state index contributed by atoms with van der Waals surface area (Å²) >= 11 is 0. The van der Waals surface area contributed by atoms with Gasteiger partial charge in [0.1, 0.15) is 5.82 Å². The van der Waals surface area contributed by atoms with Crippen LogP contribution >= 0.6 is 0 Å². The maximum Gasteiger partial charge on any atom is 0.180 e. The molecular weight excluding hydrogens is 230 g/mol. The van der Waals surface area contributed by atoms with E-state index < -0.39 is 0 Å². The molecule has 2 atom stereocenters. The van der Waals surface area contributed by atoms with Crippen molar-refractivity contribution in [2.75, 3.05) is 24.3 Å². The van der Waals surface area contributed by atoms with Gasteiger partial charge in [-0.1, -0.05) is 6.92 Å². The van der Waals surface area contributed by atoms with Gasteiger partial charge in [0.25, 0.3) is 0 Å². The summed E-state index contributed by atoms with van der Waals surface area (Å²) in [5, 5.41) is 15.5. The average Bonchev–Trinajstić information content (AvgIpc) is 2.85. The number of rotatable bonds is 5. The molecule has 2 unspecified atom stereocenters. The highest BCUT2D eigenvalue weighted by atomic mass is 16.3. The highest BCUT2D eigenvalue weighted by Gasteiger charge is 2.14. The van der Waals surface area contributed by atoms with E-state index in [0.29, 0.717) is 0 Å². The molecule has 98 valence electrons. The summed E-state index contributed by atoms with van der Waals surface area (Å²) in [6.45, 7) is 4.15. The van der Waals surface area contributed by atoms with E-state index in [4.69, 9.17) is 5.11 Å². The predicted octanol–water partition coefficient (Wildman–Crippen LogP) is 1.20. The number of nitrogens with zero attached hydrogens (tertiary/aromatic N) is 3. The van der Waals surface area contributed by atoms with E-state index in [9.17, 15) is 0 Å². The smallest absolute Gasteiger partial charge is 0.180 e. The summed E-state index contributed by atoms with van der Waals surface area (Å²) in [6, 6.07) is 0.120. The summed E-state index contributed by atoms with van der Waals surface area (Å²) in [6.07, 6.45) is 5.50. The van der Waals surface area contributed by atoms with Gasteiger partial charge >= 0.3 is 0 Å². The molecule has 0 spiro atoms. The normalized spacial score (nSPS) is 14.4. The number of aliphatic hydroxyl groups is 1. The van der Waals surface area contributed by atoms with Crippen molar-refractivity contribution >= 4 is 17.3 Å². The van der Waals surface area contributed by atoms with Crippen LogP contribution < -0.4 is 10.6 Å². The molecule has 6 heteroatoms. The van der Waals surface area contributed by atoms with Crippen molar-refractivity contribution in [2.45, 2.75) is 19.9 Å². The van der Waals surface area contributed by atoms with Crippen LogP contribution in [0.2, 0.25) is 0 Å². The topological polar surface area (TPSA) is 74.5 Å². The fourth-order valence-electron chi connectivity index (χ4n) is 1.66. The molecule has 2 rings (SSSR count). The van der Waals surface area contributed by atoms with Crippen molar-refractivity contribution in [1.82, 2.24) is 14.4 Å². The summed E-state index contributed by atoms with van der Waals surface area (Å²) in [7, 11) is 1.83. The number of aliphatic hydroxyl groups excluding tert-OH is 1. The molecule has 0 amide bonds. The molecule has 0 fully saturated rings. The lowest BCUT2D eigenvalue weighted by molar-refractivity contribution is 0.226. The molecule has 0 aliphatic rings. The van der Waals surface area contributed by atoms with Gasteiger partial charge in [0.2, 0.25) is 0 Å². The van der Waals surface area contributed by atoms with Crippen molar-refractivity contribution < 1.29 is 5.11 Å². The van der Waals surface area contributed by atoms with E-state index in [2.05, 4.69) is 20.6 Å². The fourth-order valence-corrected chi connectivity index (χ4v) is 1.66. The zero-order valence-electron chi connectivity index (χ0n) is 10.9. The number of fused-ring (bicyclic) bond motifs is 1. The highest BCUT2D eigenvalue weighted by molar-refractivity contribution is 5.65. The first-order chi connectivity index (χ1) is 8.65. The highest BCUT2D eigenvalue weighted by Crippen LogP contribution is 2.18. The Labute approximate surface area is 106 Å². The van der Waals surface area contributed by atoms with Crippen molar-refractivity contribution in [2.24, 2.45) is 5.92 Å². The molecule has 3 N–H and O–H groups in total. The third-order valence-corrected chi connectivity index (χ3v) is 3.14. The number of hydrogen-bond donors (Lipinski definition) is 3. The summed E-state index contributed by atoms with van der Waals surface area (Å²) in [5.41, 5.74) is 0.783. The Bertz CT molecular complexity index is 524.